The van der Waals surface area contributed by atoms with E-state index in [1.807, 2.05) is 19.1 Å². The van der Waals surface area contributed by atoms with Crippen LogP contribution in [-0.4, -0.2) is 15.7 Å². The smallest absolute Gasteiger partial charge is 0.269 e. The molecule has 0 amide bonds. The number of thiazole rings is 1. The molecule has 0 radical (unpaired) electrons. The molecule has 0 spiro atoms. The molecule has 1 N–H and O–H groups in total. The molecule has 0 saturated heterocycles. The van der Waals surface area contributed by atoms with E-state index in [4.69, 9.17) is 0 Å². The molecule has 26 heavy (non-hydrogen) atoms. The molecule has 0 saturated carbocycles. The number of aromatic nitrogens is 1. The van der Waals surface area contributed by atoms with Crippen LogP contribution in [0.4, 0.5) is 5.69 Å². The summed E-state index contributed by atoms with van der Waals surface area (Å²) in [5.41, 5.74) is 1.80. The Morgan fingerprint density at radius 3 is 2.50 bits per heavy atom. The molecule has 130 valence electrons. The van der Waals surface area contributed by atoms with E-state index >= 15 is 0 Å². The molecule has 0 aliphatic carbocycles. The summed E-state index contributed by atoms with van der Waals surface area (Å²) in [5, 5.41) is 10.7. The SMILES string of the molecule is Cc1ccccc1C(=O)C=c1[nH]c(=O)c(=Cc2ccc([N+](=O)[O-])cc2)s1. The number of non-ortho nitro benzene ring substituents is 1. The van der Waals surface area contributed by atoms with E-state index in [0.717, 1.165) is 16.9 Å². The molecule has 6 nitrogen and oxygen atoms in total. The fourth-order valence-electron chi connectivity index (χ4n) is 2.41. The summed E-state index contributed by atoms with van der Waals surface area (Å²) in [5.74, 6) is -0.178. The minimum atomic E-state index is -0.480. The topological polar surface area (TPSA) is 93.1 Å². The van der Waals surface area contributed by atoms with Gasteiger partial charge in [0.05, 0.1) is 14.1 Å². The maximum atomic E-state index is 12.4. The number of nitrogens with one attached hydrogen (secondary N) is 1. The highest BCUT2D eigenvalue weighted by molar-refractivity contribution is 7.07. The molecule has 0 fully saturated rings. The Hall–Kier alpha value is -3.32. The molecule has 0 aliphatic heterocycles. The van der Waals surface area contributed by atoms with Crippen LogP contribution in [0.5, 0.6) is 0 Å². The van der Waals surface area contributed by atoms with Crippen molar-refractivity contribution in [2.45, 2.75) is 6.92 Å². The van der Waals surface area contributed by atoms with Gasteiger partial charge in [-0.25, -0.2) is 0 Å². The average Bonchev–Trinajstić information content (AvgIpc) is 2.94. The van der Waals surface area contributed by atoms with E-state index < -0.39 is 4.92 Å². The van der Waals surface area contributed by atoms with Crippen molar-refractivity contribution >= 4 is 35.0 Å². The first-order chi connectivity index (χ1) is 12.4. The van der Waals surface area contributed by atoms with Gasteiger partial charge in [-0.15, -0.1) is 11.3 Å². The van der Waals surface area contributed by atoms with Gasteiger partial charge in [0.1, 0.15) is 0 Å². The average molecular weight is 366 g/mol. The van der Waals surface area contributed by atoms with Crippen molar-refractivity contribution in [1.82, 2.24) is 4.98 Å². The van der Waals surface area contributed by atoms with Crippen molar-refractivity contribution in [1.29, 1.82) is 0 Å². The van der Waals surface area contributed by atoms with Crippen LogP contribution in [0.3, 0.4) is 0 Å². The second-order valence-electron chi connectivity index (χ2n) is 5.60. The quantitative estimate of drug-likeness (QED) is 0.435. The van der Waals surface area contributed by atoms with Crippen molar-refractivity contribution in [3.8, 4) is 0 Å². The summed E-state index contributed by atoms with van der Waals surface area (Å²) < 4.78 is 0.874. The van der Waals surface area contributed by atoms with Crippen molar-refractivity contribution < 1.29 is 9.72 Å². The minimum absolute atomic E-state index is 0.0138. The zero-order valence-corrected chi connectivity index (χ0v) is 14.6. The summed E-state index contributed by atoms with van der Waals surface area (Å²) in [6.45, 7) is 1.85. The van der Waals surface area contributed by atoms with Crippen LogP contribution in [0.15, 0.2) is 53.3 Å². The number of hydrogen-bond acceptors (Lipinski definition) is 5. The molecule has 0 aliphatic rings. The standard InChI is InChI=1S/C19H14N2O4S/c1-12-4-2-3-5-15(12)16(22)11-18-20-19(23)17(26-18)10-13-6-8-14(9-7-13)21(24)25/h2-11H,1H3,(H,20,23). The number of rotatable bonds is 4. The Morgan fingerprint density at radius 1 is 1.15 bits per heavy atom. The van der Waals surface area contributed by atoms with E-state index in [9.17, 15) is 19.7 Å². The van der Waals surface area contributed by atoms with Crippen LogP contribution in [0.2, 0.25) is 0 Å². The van der Waals surface area contributed by atoms with E-state index in [1.165, 1.54) is 18.2 Å². The molecule has 2 aromatic carbocycles. The second kappa shape index (κ2) is 7.28. The number of nitrogens with zero attached hydrogens (tertiary/aromatic N) is 1. The molecular formula is C19H14N2O4S. The Bertz CT molecular complexity index is 1160. The lowest BCUT2D eigenvalue weighted by Gasteiger charge is -1.99. The number of nitro benzene ring substituents is 1. The van der Waals surface area contributed by atoms with Gasteiger partial charge in [-0.05, 0) is 36.3 Å². The van der Waals surface area contributed by atoms with Crippen molar-refractivity contribution in [3.63, 3.8) is 0 Å². The van der Waals surface area contributed by atoms with Crippen molar-refractivity contribution in [3.05, 3.63) is 94.9 Å². The lowest BCUT2D eigenvalue weighted by Crippen LogP contribution is -2.20. The van der Waals surface area contributed by atoms with Gasteiger partial charge in [-0.1, -0.05) is 24.3 Å². The van der Waals surface area contributed by atoms with Crippen LogP contribution in [0.25, 0.3) is 12.2 Å². The molecule has 1 heterocycles. The van der Waals surface area contributed by atoms with Gasteiger partial charge in [0.15, 0.2) is 5.78 Å². The van der Waals surface area contributed by atoms with Crippen LogP contribution < -0.4 is 14.8 Å². The van der Waals surface area contributed by atoms with Crippen LogP contribution in [-0.2, 0) is 0 Å². The van der Waals surface area contributed by atoms with E-state index in [-0.39, 0.29) is 17.0 Å². The summed E-state index contributed by atoms with van der Waals surface area (Å²) in [4.78, 5) is 37.3. The van der Waals surface area contributed by atoms with Gasteiger partial charge in [0.25, 0.3) is 11.2 Å². The van der Waals surface area contributed by atoms with E-state index in [1.54, 1.807) is 30.3 Å². The number of nitro groups is 1. The Labute approximate surface area is 151 Å². The number of hydrogen-bond donors (Lipinski definition) is 1. The first-order valence-electron chi connectivity index (χ1n) is 7.71. The number of benzene rings is 2. The highest BCUT2D eigenvalue weighted by Gasteiger charge is 2.06. The third kappa shape index (κ3) is 3.84. The largest absolute Gasteiger partial charge is 0.313 e. The first kappa shape index (κ1) is 17.5. The van der Waals surface area contributed by atoms with E-state index in [0.29, 0.717) is 20.3 Å². The highest BCUT2D eigenvalue weighted by atomic mass is 32.1. The first-order valence-corrected chi connectivity index (χ1v) is 8.53. The Kier molecular flexibility index (Phi) is 4.90. The lowest BCUT2D eigenvalue weighted by molar-refractivity contribution is -0.384. The summed E-state index contributed by atoms with van der Waals surface area (Å²) in [6.07, 6.45) is 3.03. The minimum Gasteiger partial charge on any atom is -0.313 e. The predicted molar refractivity (Wildman–Crippen MR) is 101 cm³/mol. The fraction of sp³-hybridized carbons (Fsp3) is 0.0526. The monoisotopic (exact) mass is 366 g/mol. The van der Waals surface area contributed by atoms with Gasteiger partial charge in [0, 0.05) is 23.8 Å². The molecule has 0 bridgehead atoms. The van der Waals surface area contributed by atoms with Crippen molar-refractivity contribution in [2.75, 3.05) is 0 Å². The third-order valence-corrected chi connectivity index (χ3v) is 4.72. The number of aromatic amines is 1. The molecule has 1 aromatic heterocycles. The Balaban J connectivity index is 1.96. The number of ketones is 1. The molecule has 0 unspecified atom stereocenters. The number of carbonyl (C=O) groups is 1. The molecule has 3 rings (SSSR count). The van der Waals surface area contributed by atoms with E-state index in [2.05, 4.69) is 4.98 Å². The zero-order chi connectivity index (χ0) is 18.7. The summed E-state index contributed by atoms with van der Waals surface area (Å²) >= 11 is 1.16. The number of H-pyrrole nitrogens is 1. The van der Waals surface area contributed by atoms with Crippen LogP contribution >= 0.6 is 11.3 Å². The normalized spacial score (nSPS) is 12.3. The maximum Gasteiger partial charge on any atom is 0.269 e. The van der Waals surface area contributed by atoms with Crippen LogP contribution in [0, 0.1) is 17.0 Å². The number of carbonyl (C=O) groups excluding carboxylic acids is 1. The summed E-state index contributed by atoms with van der Waals surface area (Å²) in [6, 6.07) is 13.1. The second-order valence-corrected chi connectivity index (χ2v) is 6.68. The van der Waals surface area contributed by atoms with Gasteiger partial charge in [-0.3, -0.25) is 19.7 Å². The Morgan fingerprint density at radius 2 is 1.85 bits per heavy atom. The zero-order valence-electron chi connectivity index (χ0n) is 13.8. The lowest BCUT2D eigenvalue weighted by atomic mass is 10.1. The van der Waals surface area contributed by atoms with Crippen LogP contribution in [0.1, 0.15) is 21.5 Å². The number of aryl methyl sites for hydroxylation is 1. The van der Waals surface area contributed by atoms with Crippen molar-refractivity contribution in [2.24, 2.45) is 0 Å². The molecule has 7 heteroatoms. The maximum absolute atomic E-state index is 12.4. The third-order valence-electron chi connectivity index (χ3n) is 3.75. The van der Waals surface area contributed by atoms with Gasteiger partial charge >= 0.3 is 0 Å². The fourth-order valence-corrected chi connectivity index (χ4v) is 3.30. The van der Waals surface area contributed by atoms with Gasteiger partial charge < -0.3 is 4.98 Å². The molecular weight excluding hydrogens is 352 g/mol. The predicted octanol–water partition coefficient (Wildman–Crippen LogP) is 2.15. The molecule has 3 aromatic rings. The molecule has 0 atom stereocenters. The highest BCUT2D eigenvalue weighted by Crippen LogP contribution is 2.12. The van der Waals surface area contributed by atoms with Gasteiger partial charge in [-0.2, -0.15) is 0 Å². The number of Topliss-reactive ketones (excluding diaryl/α,β-unsaturated/α-hetero) is 1. The summed E-state index contributed by atoms with van der Waals surface area (Å²) in [7, 11) is 0. The van der Waals surface area contributed by atoms with Gasteiger partial charge in [0.2, 0.25) is 0 Å².